The Morgan fingerprint density at radius 2 is 1.53 bits per heavy atom. The number of nitrogens with zero attached hydrogens (tertiary/aromatic N) is 1. The Kier molecular flexibility index (Phi) is 3.07. The molecule has 0 bridgehead atoms. The molecule has 0 aliphatic carbocycles. The number of aromatic nitrogens is 1. The molecular weight excluding hydrogens is 237 g/mol. The predicted molar refractivity (Wildman–Crippen MR) is 75.1 cm³/mol. The lowest BCUT2D eigenvalue weighted by Gasteiger charge is -2.09. The van der Waals surface area contributed by atoms with Crippen LogP contribution in [0.15, 0.2) is 72.9 Å². The molecule has 0 amide bonds. The maximum atomic E-state index is 13.5. The highest BCUT2D eigenvalue weighted by molar-refractivity contribution is 5.81. The summed E-state index contributed by atoms with van der Waals surface area (Å²) in [6.45, 7) is 0. The summed E-state index contributed by atoms with van der Waals surface area (Å²) in [5.41, 5.74) is 3.64. The first-order chi connectivity index (χ1) is 9.34. The molecule has 0 unspecified atom stereocenters. The molecule has 0 radical (unpaired) electrons. The Balaban J connectivity index is 2.21. The predicted octanol–water partition coefficient (Wildman–Crippen LogP) is 4.55. The minimum Gasteiger partial charge on any atom is -0.256 e. The molecule has 2 aromatic carbocycles. The molecule has 0 saturated carbocycles. The van der Waals surface area contributed by atoms with Gasteiger partial charge < -0.3 is 0 Å². The van der Waals surface area contributed by atoms with E-state index in [1.54, 1.807) is 18.3 Å². The standard InChI is InChI=1S/C17H12FN/c18-14-9-10-15(17-8-4-5-11-19-17)16(12-14)13-6-2-1-3-7-13/h1-12H. The zero-order valence-electron chi connectivity index (χ0n) is 10.3. The highest BCUT2D eigenvalue weighted by Crippen LogP contribution is 2.31. The summed E-state index contributed by atoms with van der Waals surface area (Å²) in [5, 5.41) is 0. The van der Waals surface area contributed by atoms with E-state index in [9.17, 15) is 4.39 Å². The average Bonchev–Trinajstić information content (AvgIpc) is 2.49. The van der Waals surface area contributed by atoms with Crippen LogP contribution in [0.5, 0.6) is 0 Å². The summed E-state index contributed by atoms with van der Waals surface area (Å²) in [4.78, 5) is 4.34. The Morgan fingerprint density at radius 3 is 2.26 bits per heavy atom. The van der Waals surface area contributed by atoms with E-state index in [2.05, 4.69) is 4.98 Å². The van der Waals surface area contributed by atoms with Gasteiger partial charge in [-0.3, -0.25) is 4.98 Å². The summed E-state index contributed by atoms with van der Waals surface area (Å²) >= 11 is 0. The van der Waals surface area contributed by atoms with E-state index in [4.69, 9.17) is 0 Å². The van der Waals surface area contributed by atoms with Gasteiger partial charge in [0.05, 0.1) is 5.69 Å². The van der Waals surface area contributed by atoms with E-state index in [0.29, 0.717) is 0 Å². The largest absolute Gasteiger partial charge is 0.256 e. The third-order valence-corrected chi connectivity index (χ3v) is 3.01. The number of hydrogen-bond donors (Lipinski definition) is 0. The van der Waals surface area contributed by atoms with Gasteiger partial charge in [0.25, 0.3) is 0 Å². The minimum atomic E-state index is -0.237. The van der Waals surface area contributed by atoms with Crippen molar-refractivity contribution in [3.63, 3.8) is 0 Å². The van der Waals surface area contributed by atoms with Crippen molar-refractivity contribution in [1.29, 1.82) is 0 Å². The summed E-state index contributed by atoms with van der Waals surface area (Å²) in [5.74, 6) is -0.237. The number of benzene rings is 2. The van der Waals surface area contributed by atoms with Crippen LogP contribution in [0, 0.1) is 5.82 Å². The molecule has 1 nitrogen and oxygen atoms in total. The van der Waals surface area contributed by atoms with Crippen molar-refractivity contribution in [3.05, 3.63) is 78.7 Å². The van der Waals surface area contributed by atoms with E-state index in [1.165, 1.54) is 6.07 Å². The summed E-state index contributed by atoms with van der Waals surface area (Å²) < 4.78 is 13.5. The van der Waals surface area contributed by atoms with Gasteiger partial charge in [-0.2, -0.15) is 0 Å². The summed E-state index contributed by atoms with van der Waals surface area (Å²) in [6.07, 6.45) is 1.74. The van der Waals surface area contributed by atoms with E-state index in [1.807, 2.05) is 48.5 Å². The van der Waals surface area contributed by atoms with Crippen LogP contribution in [0.2, 0.25) is 0 Å². The van der Waals surface area contributed by atoms with Crippen LogP contribution in [0.25, 0.3) is 22.4 Å². The smallest absolute Gasteiger partial charge is 0.123 e. The van der Waals surface area contributed by atoms with Crippen molar-refractivity contribution in [2.24, 2.45) is 0 Å². The molecule has 0 N–H and O–H groups in total. The molecule has 92 valence electrons. The van der Waals surface area contributed by atoms with Crippen molar-refractivity contribution in [3.8, 4) is 22.4 Å². The Labute approximate surface area is 111 Å². The fourth-order valence-electron chi connectivity index (χ4n) is 2.12. The van der Waals surface area contributed by atoms with Gasteiger partial charge in [-0.15, -0.1) is 0 Å². The van der Waals surface area contributed by atoms with E-state index in [-0.39, 0.29) is 5.82 Å². The first-order valence-electron chi connectivity index (χ1n) is 6.11. The second-order valence-corrected chi connectivity index (χ2v) is 4.27. The van der Waals surface area contributed by atoms with Crippen molar-refractivity contribution in [2.75, 3.05) is 0 Å². The van der Waals surface area contributed by atoms with Crippen LogP contribution in [-0.4, -0.2) is 4.98 Å². The summed E-state index contributed by atoms with van der Waals surface area (Å²) in [7, 11) is 0. The molecule has 3 aromatic rings. The molecule has 0 spiro atoms. The first kappa shape index (κ1) is 11.6. The maximum absolute atomic E-state index is 13.5. The number of hydrogen-bond acceptors (Lipinski definition) is 1. The fraction of sp³-hybridized carbons (Fsp3) is 0. The first-order valence-corrected chi connectivity index (χ1v) is 6.11. The van der Waals surface area contributed by atoms with Crippen molar-refractivity contribution in [2.45, 2.75) is 0 Å². The molecule has 0 aliphatic rings. The van der Waals surface area contributed by atoms with Crippen LogP contribution >= 0.6 is 0 Å². The third kappa shape index (κ3) is 2.38. The summed E-state index contributed by atoms with van der Waals surface area (Å²) in [6, 6.07) is 20.3. The van der Waals surface area contributed by atoms with Crippen LogP contribution in [0.1, 0.15) is 0 Å². The quantitative estimate of drug-likeness (QED) is 0.649. The van der Waals surface area contributed by atoms with E-state index < -0.39 is 0 Å². The van der Waals surface area contributed by atoms with Gasteiger partial charge in [-0.1, -0.05) is 36.4 Å². The van der Waals surface area contributed by atoms with Gasteiger partial charge >= 0.3 is 0 Å². The highest BCUT2D eigenvalue weighted by Gasteiger charge is 2.09. The Morgan fingerprint density at radius 1 is 0.737 bits per heavy atom. The lowest BCUT2D eigenvalue weighted by Crippen LogP contribution is -1.89. The minimum absolute atomic E-state index is 0.237. The third-order valence-electron chi connectivity index (χ3n) is 3.01. The number of rotatable bonds is 2. The molecule has 2 heteroatoms. The van der Waals surface area contributed by atoms with Gasteiger partial charge in [-0.25, -0.2) is 4.39 Å². The van der Waals surface area contributed by atoms with Crippen LogP contribution < -0.4 is 0 Å². The number of halogens is 1. The zero-order valence-corrected chi connectivity index (χ0v) is 10.3. The molecular formula is C17H12FN. The van der Waals surface area contributed by atoms with E-state index >= 15 is 0 Å². The molecule has 0 atom stereocenters. The average molecular weight is 249 g/mol. The fourth-order valence-corrected chi connectivity index (χ4v) is 2.12. The van der Waals surface area contributed by atoms with Gasteiger partial charge in [0.15, 0.2) is 0 Å². The molecule has 19 heavy (non-hydrogen) atoms. The normalized spacial score (nSPS) is 10.4. The molecule has 0 aliphatic heterocycles. The van der Waals surface area contributed by atoms with Gasteiger partial charge in [0.2, 0.25) is 0 Å². The zero-order chi connectivity index (χ0) is 13.1. The van der Waals surface area contributed by atoms with Crippen LogP contribution in [0.4, 0.5) is 4.39 Å². The topological polar surface area (TPSA) is 12.9 Å². The lowest BCUT2D eigenvalue weighted by molar-refractivity contribution is 0.628. The van der Waals surface area contributed by atoms with E-state index in [0.717, 1.165) is 22.4 Å². The SMILES string of the molecule is Fc1ccc(-c2ccccn2)c(-c2ccccc2)c1. The van der Waals surface area contributed by atoms with Crippen molar-refractivity contribution < 1.29 is 4.39 Å². The Bertz CT molecular complexity index is 678. The number of pyridine rings is 1. The van der Waals surface area contributed by atoms with Crippen molar-refractivity contribution in [1.82, 2.24) is 4.98 Å². The molecule has 3 rings (SSSR count). The van der Waals surface area contributed by atoms with Gasteiger partial charge in [0, 0.05) is 11.8 Å². The maximum Gasteiger partial charge on any atom is 0.123 e. The van der Waals surface area contributed by atoms with Crippen molar-refractivity contribution >= 4 is 0 Å². The highest BCUT2D eigenvalue weighted by atomic mass is 19.1. The molecule has 0 fully saturated rings. The second kappa shape index (κ2) is 5.02. The molecule has 0 saturated heterocycles. The molecule has 1 aromatic heterocycles. The van der Waals surface area contributed by atoms with Crippen LogP contribution in [-0.2, 0) is 0 Å². The van der Waals surface area contributed by atoms with Gasteiger partial charge in [0.1, 0.15) is 5.82 Å². The lowest BCUT2D eigenvalue weighted by atomic mass is 9.97. The van der Waals surface area contributed by atoms with Gasteiger partial charge in [-0.05, 0) is 41.5 Å². The van der Waals surface area contributed by atoms with Crippen LogP contribution in [0.3, 0.4) is 0 Å². The molecule has 1 heterocycles. The monoisotopic (exact) mass is 249 g/mol. The second-order valence-electron chi connectivity index (χ2n) is 4.27. The Hall–Kier alpha value is -2.48.